The van der Waals surface area contributed by atoms with Crippen LogP contribution in [0, 0.1) is 24.5 Å². The number of benzene rings is 2. The van der Waals surface area contributed by atoms with Gasteiger partial charge in [-0.2, -0.15) is 10.2 Å². The van der Waals surface area contributed by atoms with Gasteiger partial charge in [-0.3, -0.25) is 9.48 Å². The number of carbonyl (C=O) groups excluding carboxylic acids is 1. The maximum atomic E-state index is 14.1. The molecule has 1 unspecified atom stereocenters. The molecule has 0 amide bonds. The van der Waals surface area contributed by atoms with Crippen molar-refractivity contribution in [3.8, 4) is 16.9 Å². The summed E-state index contributed by atoms with van der Waals surface area (Å²) in [6.45, 7) is 4.16. The van der Waals surface area contributed by atoms with Crippen molar-refractivity contribution < 1.29 is 23.4 Å². The molecule has 1 aliphatic heterocycles. The Balaban J connectivity index is 1.46. The molecule has 0 aliphatic carbocycles. The molecule has 5 rings (SSSR count). The minimum atomic E-state index is -1.43. The number of aromatic nitrogens is 4. The summed E-state index contributed by atoms with van der Waals surface area (Å²) in [6, 6.07) is 13.3. The number of aliphatic hydroxyl groups is 1. The van der Waals surface area contributed by atoms with Crippen molar-refractivity contribution in [2.24, 2.45) is 13.0 Å². The molecule has 4 aromatic rings. The van der Waals surface area contributed by atoms with E-state index in [9.17, 15) is 18.7 Å². The highest BCUT2D eigenvalue weighted by atomic mass is 19.2. The zero-order valence-corrected chi connectivity index (χ0v) is 22.8. The van der Waals surface area contributed by atoms with E-state index in [2.05, 4.69) is 10.00 Å². The maximum Gasteiger partial charge on any atom is 0.167 e. The van der Waals surface area contributed by atoms with E-state index in [1.54, 1.807) is 28.7 Å². The maximum absolute atomic E-state index is 14.1. The number of aliphatic hydroxyl groups excluding tert-OH is 1. The molecule has 1 fully saturated rings. The molecule has 2 aromatic heterocycles. The molecule has 0 spiro atoms. The number of hydrogen-bond donors (Lipinski definition) is 1. The number of rotatable bonds is 10. The third-order valence-corrected chi connectivity index (χ3v) is 7.67. The predicted octanol–water partition coefficient (Wildman–Crippen LogP) is 4.21. The predicted molar refractivity (Wildman–Crippen MR) is 146 cm³/mol. The number of methoxy groups -OCH3 is 1. The second-order valence-electron chi connectivity index (χ2n) is 10.4. The molecule has 1 aliphatic rings. The Morgan fingerprint density at radius 1 is 1.15 bits per heavy atom. The quantitative estimate of drug-likeness (QED) is 0.319. The minimum absolute atomic E-state index is 0.0654. The third-order valence-electron chi connectivity index (χ3n) is 7.67. The third kappa shape index (κ3) is 5.60. The van der Waals surface area contributed by atoms with Crippen LogP contribution in [0.15, 0.2) is 60.9 Å². The lowest BCUT2D eigenvalue weighted by Gasteiger charge is -2.21. The van der Waals surface area contributed by atoms with Crippen LogP contribution >= 0.6 is 0 Å². The number of halogens is 2. The molecular formula is C30H33F2N5O3. The van der Waals surface area contributed by atoms with Gasteiger partial charge >= 0.3 is 0 Å². The minimum Gasteiger partial charge on any atom is -0.383 e. The van der Waals surface area contributed by atoms with Crippen LogP contribution in [0.4, 0.5) is 8.78 Å². The number of nitrogens with zero attached hydrogens (tertiary/aromatic N) is 5. The average molecular weight is 550 g/mol. The van der Waals surface area contributed by atoms with Crippen LogP contribution in [0.5, 0.6) is 0 Å². The lowest BCUT2D eigenvalue weighted by Crippen LogP contribution is -2.26. The highest BCUT2D eigenvalue weighted by Crippen LogP contribution is 2.38. The Bertz CT molecular complexity index is 1490. The van der Waals surface area contributed by atoms with Crippen LogP contribution in [0.1, 0.15) is 35.3 Å². The number of aryl methyl sites for hydroxylation is 1. The summed E-state index contributed by atoms with van der Waals surface area (Å²) in [6.07, 6.45) is 2.16. The second kappa shape index (κ2) is 11.8. The van der Waals surface area contributed by atoms with E-state index in [-0.39, 0.29) is 24.0 Å². The molecule has 0 saturated carbocycles. The van der Waals surface area contributed by atoms with Gasteiger partial charge in [0.25, 0.3) is 0 Å². The zero-order chi connectivity index (χ0) is 28.4. The van der Waals surface area contributed by atoms with Gasteiger partial charge in [-0.05, 0) is 42.7 Å². The zero-order valence-electron chi connectivity index (χ0n) is 22.8. The van der Waals surface area contributed by atoms with E-state index < -0.39 is 17.7 Å². The largest absolute Gasteiger partial charge is 0.383 e. The molecule has 0 bridgehead atoms. The van der Waals surface area contributed by atoms with E-state index in [1.165, 1.54) is 6.07 Å². The Hall–Kier alpha value is -3.73. The number of ketones is 1. The molecular weight excluding hydrogens is 516 g/mol. The van der Waals surface area contributed by atoms with Gasteiger partial charge in [0.1, 0.15) is 0 Å². The summed E-state index contributed by atoms with van der Waals surface area (Å²) >= 11 is 0. The summed E-state index contributed by atoms with van der Waals surface area (Å²) < 4.78 is 36.3. The Morgan fingerprint density at radius 3 is 2.60 bits per heavy atom. The Morgan fingerprint density at radius 2 is 1.93 bits per heavy atom. The summed E-state index contributed by atoms with van der Waals surface area (Å²) in [7, 11) is 3.44. The number of para-hydroxylation sites is 1. The normalized spacial score (nSPS) is 18.4. The molecule has 3 atom stereocenters. The molecule has 40 heavy (non-hydrogen) atoms. The molecule has 0 radical (unpaired) electrons. The molecule has 1 N–H and O–H groups in total. The Labute approximate surface area is 231 Å². The number of carbonyl (C=O) groups is 1. The number of likely N-dealkylation sites (tertiary alicyclic amines) is 1. The fourth-order valence-electron chi connectivity index (χ4n) is 5.63. The molecule has 8 nitrogen and oxygen atoms in total. The fourth-order valence-corrected chi connectivity index (χ4v) is 5.63. The van der Waals surface area contributed by atoms with Gasteiger partial charge in [-0.1, -0.05) is 24.3 Å². The lowest BCUT2D eigenvalue weighted by atomic mass is 9.84. The standard InChI is InChI=1S/C30H33F2N5O3/c1-19-28(22-15-33-35(2)16-22)34-37(23-7-5-4-6-8-23)29(19)30(39)27(38)14-21-17-36(11-12-40-3)18-24(21)20-9-10-25(31)26(32)13-20/h4-10,13,15-16,21,24,30,39H,11-12,14,17-18H2,1-3H3/t21-,24+,30?/m1/s1. The number of hydrogen-bond acceptors (Lipinski definition) is 6. The van der Waals surface area contributed by atoms with Crippen molar-refractivity contribution in [2.75, 3.05) is 33.4 Å². The first-order chi connectivity index (χ1) is 19.3. The number of Topliss-reactive ketones (excluding diaryl/α,β-unsaturated/α-hetero) is 1. The van der Waals surface area contributed by atoms with Crippen molar-refractivity contribution >= 4 is 5.78 Å². The van der Waals surface area contributed by atoms with Gasteiger partial charge in [0.05, 0.1) is 29.9 Å². The topological polar surface area (TPSA) is 85.4 Å². The van der Waals surface area contributed by atoms with Gasteiger partial charge in [0.15, 0.2) is 23.5 Å². The molecule has 10 heteroatoms. The van der Waals surface area contributed by atoms with E-state index in [4.69, 9.17) is 9.84 Å². The molecule has 210 valence electrons. The van der Waals surface area contributed by atoms with Crippen LogP contribution < -0.4 is 0 Å². The first kappa shape index (κ1) is 27.8. The highest BCUT2D eigenvalue weighted by molar-refractivity contribution is 5.85. The lowest BCUT2D eigenvalue weighted by molar-refractivity contribution is -0.128. The average Bonchev–Trinajstić information content (AvgIpc) is 3.65. The van der Waals surface area contributed by atoms with Gasteiger partial charge in [-0.25, -0.2) is 13.5 Å². The van der Waals surface area contributed by atoms with Crippen molar-refractivity contribution in [2.45, 2.75) is 25.4 Å². The van der Waals surface area contributed by atoms with Crippen LogP contribution in [-0.4, -0.2) is 68.7 Å². The van der Waals surface area contributed by atoms with Gasteiger partial charge in [0.2, 0.25) is 0 Å². The fraction of sp³-hybridized carbons (Fsp3) is 0.367. The van der Waals surface area contributed by atoms with Crippen molar-refractivity contribution in [1.29, 1.82) is 0 Å². The first-order valence-electron chi connectivity index (χ1n) is 13.3. The molecule has 2 aromatic carbocycles. The molecule has 1 saturated heterocycles. The highest BCUT2D eigenvalue weighted by Gasteiger charge is 2.38. The van der Waals surface area contributed by atoms with Crippen molar-refractivity contribution in [1.82, 2.24) is 24.5 Å². The Kier molecular flexibility index (Phi) is 8.20. The van der Waals surface area contributed by atoms with Crippen LogP contribution in [0.2, 0.25) is 0 Å². The smallest absolute Gasteiger partial charge is 0.167 e. The van der Waals surface area contributed by atoms with Gasteiger partial charge < -0.3 is 14.7 Å². The van der Waals surface area contributed by atoms with Gasteiger partial charge in [-0.15, -0.1) is 0 Å². The van der Waals surface area contributed by atoms with Gasteiger partial charge in [0, 0.05) is 63.5 Å². The van der Waals surface area contributed by atoms with E-state index >= 15 is 0 Å². The van der Waals surface area contributed by atoms with Crippen LogP contribution in [-0.2, 0) is 16.6 Å². The van der Waals surface area contributed by atoms with Crippen molar-refractivity contribution in [3.05, 3.63) is 89.4 Å². The first-order valence-corrected chi connectivity index (χ1v) is 13.3. The molecule has 3 heterocycles. The number of ether oxygens (including phenoxy) is 1. The summed E-state index contributed by atoms with van der Waals surface area (Å²) in [5.41, 5.74) is 3.84. The summed E-state index contributed by atoms with van der Waals surface area (Å²) in [5, 5.41) is 20.5. The van der Waals surface area contributed by atoms with E-state index in [1.807, 2.05) is 50.5 Å². The van der Waals surface area contributed by atoms with Crippen LogP contribution in [0.3, 0.4) is 0 Å². The summed E-state index contributed by atoms with van der Waals surface area (Å²) in [4.78, 5) is 15.9. The van der Waals surface area contributed by atoms with E-state index in [0.717, 1.165) is 11.6 Å². The van der Waals surface area contributed by atoms with Crippen LogP contribution in [0.25, 0.3) is 16.9 Å². The van der Waals surface area contributed by atoms with E-state index in [0.29, 0.717) is 54.4 Å². The SMILES string of the molecule is COCCN1C[C@@H](CC(=O)C(O)c2c(C)c(-c3cnn(C)c3)nn2-c2ccccc2)[C@H](c2ccc(F)c(F)c2)C1. The van der Waals surface area contributed by atoms with Crippen molar-refractivity contribution in [3.63, 3.8) is 0 Å². The second-order valence-corrected chi connectivity index (χ2v) is 10.4. The summed E-state index contributed by atoms with van der Waals surface area (Å²) in [5.74, 6) is -2.58. The monoisotopic (exact) mass is 549 g/mol.